The van der Waals surface area contributed by atoms with Crippen LogP contribution in [0.4, 0.5) is 17.6 Å². The first-order chi connectivity index (χ1) is 14.0. The van der Waals surface area contributed by atoms with Crippen molar-refractivity contribution in [3.8, 4) is 0 Å². The molecule has 156 valence electrons. The molecule has 10 heteroatoms. The molecule has 2 aliphatic rings. The number of morpholine rings is 1. The lowest BCUT2D eigenvalue weighted by Crippen LogP contribution is -2.42. The number of nitrogens with one attached hydrogen (secondary N) is 1. The van der Waals surface area contributed by atoms with Gasteiger partial charge in [-0.15, -0.1) is 0 Å². The Bertz CT molecular complexity index is 863. The molecule has 0 bridgehead atoms. The number of aromatic nitrogens is 4. The Balaban J connectivity index is 1.42. The molecular weight excluding hydrogens is 374 g/mol. The van der Waals surface area contributed by atoms with Crippen molar-refractivity contribution in [2.75, 3.05) is 48.3 Å². The zero-order valence-corrected chi connectivity index (χ0v) is 16.5. The Labute approximate surface area is 169 Å². The Hall–Kier alpha value is -2.88. The van der Waals surface area contributed by atoms with E-state index in [1.165, 1.54) is 0 Å². The van der Waals surface area contributed by atoms with E-state index >= 15 is 0 Å². The average Bonchev–Trinajstić information content (AvgIpc) is 3.15. The molecule has 4 heterocycles. The minimum atomic E-state index is -0.859. The molecule has 2 aromatic heterocycles. The average molecular weight is 401 g/mol. The van der Waals surface area contributed by atoms with Crippen LogP contribution in [-0.2, 0) is 16.0 Å². The number of carboxylic acid groups (broad SMARTS) is 1. The fourth-order valence-electron chi connectivity index (χ4n) is 4.04. The maximum Gasteiger partial charge on any atom is 0.309 e. The highest BCUT2D eigenvalue weighted by molar-refractivity contribution is 5.69. The van der Waals surface area contributed by atoms with E-state index in [1.807, 2.05) is 12.1 Å². The van der Waals surface area contributed by atoms with Crippen molar-refractivity contribution < 1.29 is 14.6 Å². The summed E-state index contributed by atoms with van der Waals surface area (Å²) in [6, 6.07) is 3.88. The standard InChI is InChI=1S/C19H27N7O3/c1-12-11-26(6-7-29-12)17-10-16(21-19(20)22-17)25-4-2-13(3-5-25)15-8-14(23-24-15)9-18(27)28/h8,10,12-13H,2-7,9,11H2,1H3,(H,23,24)(H,27,28)(H2,20,21,22)/t12-/m0/s1. The SMILES string of the molecule is C[C@H]1CN(c2cc(N3CCC(c4cc(CC(=O)O)[nH]n4)CC3)nc(N)n2)CCO1. The zero-order valence-electron chi connectivity index (χ0n) is 16.5. The number of rotatable bonds is 5. The highest BCUT2D eigenvalue weighted by Crippen LogP contribution is 2.30. The van der Waals surface area contributed by atoms with Gasteiger partial charge in [-0.2, -0.15) is 15.1 Å². The molecule has 4 N–H and O–H groups in total. The quantitative estimate of drug-likeness (QED) is 0.671. The number of aliphatic carboxylic acids is 1. The lowest BCUT2D eigenvalue weighted by atomic mass is 9.93. The van der Waals surface area contributed by atoms with Crippen molar-refractivity contribution in [2.45, 2.75) is 38.2 Å². The van der Waals surface area contributed by atoms with Crippen molar-refractivity contribution in [1.29, 1.82) is 0 Å². The van der Waals surface area contributed by atoms with E-state index in [1.54, 1.807) is 0 Å². The van der Waals surface area contributed by atoms with Crippen LogP contribution in [0.25, 0.3) is 0 Å². The van der Waals surface area contributed by atoms with Crippen LogP contribution in [0.3, 0.4) is 0 Å². The number of nitrogen functional groups attached to an aromatic ring is 1. The Morgan fingerprint density at radius 2 is 1.97 bits per heavy atom. The number of carbonyl (C=O) groups is 1. The van der Waals surface area contributed by atoms with Crippen LogP contribution in [0.1, 0.15) is 37.1 Å². The number of ether oxygens (including phenoxy) is 1. The van der Waals surface area contributed by atoms with Crippen LogP contribution in [0.2, 0.25) is 0 Å². The second-order valence-electron chi connectivity index (χ2n) is 7.72. The number of nitrogens with zero attached hydrogens (tertiary/aromatic N) is 5. The van der Waals surface area contributed by atoms with Gasteiger partial charge < -0.3 is 25.4 Å². The maximum atomic E-state index is 10.9. The van der Waals surface area contributed by atoms with Crippen LogP contribution in [0, 0.1) is 0 Å². The molecule has 0 saturated carbocycles. The third-order valence-electron chi connectivity index (χ3n) is 5.51. The molecule has 0 spiro atoms. The predicted octanol–water partition coefficient (Wildman–Crippen LogP) is 1.02. The summed E-state index contributed by atoms with van der Waals surface area (Å²) in [7, 11) is 0. The number of carboxylic acids is 1. The summed E-state index contributed by atoms with van der Waals surface area (Å²) in [5.41, 5.74) is 7.58. The summed E-state index contributed by atoms with van der Waals surface area (Å²) in [4.78, 5) is 24.2. The first kappa shape index (κ1) is 19.4. The Morgan fingerprint density at radius 3 is 2.66 bits per heavy atom. The molecule has 0 unspecified atom stereocenters. The monoisotopic (exact) mass is 401 g/mol. The van der Waals surface area contributed by atoms with Gasteiger partial charge in [0.15, 0.2) is 0 Å². The Kier molecular flexibility index (Phi) is 5.52. The first-order valence-corrected chi connectivity index (χ1v) is 10.00. The summed E-state index contributed by atoms with van der Waals surface area (Å²) in [6.45, 7) is 5.98. The summed E-state index contributed by atoms with van der Waals surface area (Å²) in [5.74, 6) is 1.42. The molecule has 2 fully saturated rings. The molecule has 1 atom stereocenters. The predicted molar refractivity (Wildman–Crippen MR) is 108 cm³/mol. The summed E-state index contributed by atoms with van der Waals surface area (Å²) in [6.07, 6.45) is 1.98. The largest absolute Gasteiger partial charge is 0.481 e. The van der Waals surface area contributed by atoms with Gasteiger partial charge in [0.25, 0.3) is 0 Å². The number of hydrogen-bond acceptors (Lipinski definition) is 8. The normalized spacial score (nSPS) is 20.8. The maximum absolute atomic E-state index is 10.9. The van der Waals surface area contributed by atoms with Crippen LogP contribution < -0.4 is 15.5 Å². The number of piperidine rings is 1. The Morgan fingerprint density at radius 1 is 1.24 bits per heavy atom. The van der Waals surface area contributed by atoms with E-state index < -0.39 is 5.97 Å². The van der Waals surface area contributed by atoms with Gasteiger partial charge >= 0.3 is 5.97 Å². The second kappa shape index (κ2) is 8.24. The van der Waals surface area contributed by atoms with Gasteiger partial charge in [0.05, 0.1) is 24.8 Å². The third-order valence-corrected chi connectivity index (χ3v) is 5.51. The van der Waals surface area contributed by atoms with Crippen molar-refractivity contribution in [1.82, 2.24) is 20.2 Å². The highest BCUT2D eigenvalue weighted by atomic mass is 16.5. The van der Waals surface area contributed by atoms with Gasteiger partial charge in [0.2, 0.25) is 5.95 Å². The second-order valence-corrected chi connectivity index (χ2v) is 7.72. The smallest absolute Gasteiger partial charge is 0.309 e. The molecule has 0 aliphatic carbocycles. The topological polar surface area (TPSA) is 133 Å². The van der Waals surface area contributed by atoms with E-state index in [9.17, 15) is 4.79 Å². The fraction of sp³-hybridized carbons (Fsp3) is 0.579. The highest BCUT2D eigenvalue weighted by Gasteiger charge is 2.25. The van der Waals surface area contributed by atoms with E-state index in [4.69, 9.17) is 15.6 Å². The summed E-state index contributed by atoms with van der Waals surface area (Å²) in [5, 5.41) is 16.1. The van der Waals surface area contributed by atoms with Crippen LogP contribution in [0.15, 0.2) is 12.1 Å². The molecule has 29 heavy (non-hydrogen) atoms. The van der Waals surface area contributed by atoms with E-state index in [-0.39, 0.29) is 18.5 Å². The number of H-pyrrole nitrogens is 1. The van der Waals surface area contributed by atoms with Gasteiger partial charge in [-0.25, -0.2) is 0 Å². The molecular formula is C19H27N7O3. The first-order valence-electron chi connectivity index (χ1n) is 10.00. The van der Waals surface area contributed by atoms with Gasteiger partial charge in [-0.05, 0) is 25.8 Å². The van der Waals surface area contributed by atoms with Crippen LogP contribution in [0.5, 0.6) is 0 Å². The number of hydrogen-bond donors (Lipinski definition) is 3. The molecule has 0 aromatic carbocycles. The van der Waals surface area contributed by atoms with Crippen LogP contribution in [-0.4, -0.2) is 70.1 Å². The fourth-order valence-corrected chi connectivity index (χ4v) is 4.04. The van der Waals surface area contributed by atoms with E-state index in [0.29, 0.717) is 18.2 Å². The number of anilines is 3. The van der Waals surface area contributed by atoms with Gasteiger partial charge in [-0.1, -0.05) is 0 Å². The molecule has 2 aromatic rings. The molecule has 4 rings (SSSR count). The summed E-state index contributed by atoms with van der Waals surface area (Å²) < 4.78 is 5.62. The molecule has 0 amide bonds. The minimum Gasteiger partial charge on any atom is -0.481 e. The van der Waals surface area contributed by atoms with Gasteiger partial charge in [0.1, 0.15) is 11.6 Å². The van der Waals surface area contributed by atoms with Crippen LogP contribution >= 0.6 is 0 Å². The number of nitrogens with two attached hydrogens (primary N) is 1. The van der Waals surface area contributed by atoms with Crippen molar-refractivity contribution in [3.63, 3.8) is 0 Å². The molecule has 2 saturated heterocycles. The van der Waals surface area contributed by atoms with Crippen molar-refractivity contribution in [3.05, 3.63) is 23.5 Å². The lowest BCUT2D eigenvalue weighted by Gasteiger charge is -2.34. The number of aromatic amines is 1. The van der Waals surface area contributed by atoms with Crippen molar-refractivity contribution in [2.24, 2.45) is 0 Å². The van der Waals surface area contributed by atoms with E-state index in [0.717, 1.165) is 56.4 Å². The minimum absolute atomic E-state index is 0.0327. The molecule has 10 nitrogen and oxygen atoms in total. The molecule has 2 aliphatic heterocycles. The van der Waals surface area contributed by atoms with E-state index in [2.05, 4.69) is 36.9 Å². The van der Waals surface area contributed by atoms with Crippen molar-refractivity contribution >= 4 is 23.6 Å². The van der Waals surface area contributed by atoms with Gasteiger partial charge in [-0.3, -0.25) is 9.89 Å². The lowest BCUT2D eigenvalue weighted by molar-refractivity contribution is -0.136. The molecule has 0 radical (unpaired) electrons. The third kappa shape index (κ3) is 4.58. The summed E-state index contributed by atoms with van der Waals surface area (Å²) >= 11 is 0. The zero-order chi connectivity index (χ0) is 20.4. The van der Waals surface area contributed by atoms with Gasteiger partial charge in [0, 0.05) is 43.9 Å².